The lowest BCUT2D eigenvalue weighted by Gasteiger charge is -2.27. The molecule has 5 nitrogen and oxygen atoms in total. The van der Waals surface area contributed by atoms with Crippen molar-refractivity contribution in [2.24, 2.45) is 0 Å². The maximum atomic E-state index is 9.85. The van der Waals surface area contributed by atoms with Gasteiger partial charge in [-0.15, -0.1) is 0 Å². The molecule has 1 saturated heterocycles. The molecule has 4 N–H and O–H groups in total. The molecule has 1 fully saturated rings. The van der Waals surface area contributed by atoms with Gasteiger partial charge in [-0.1, -0.05) is 6.92 Å². The first-order valence-electron chi connectivity index (χ1n) is 6.39. The number of aliphatic hydroxyl groups is 1. The van der Waals surface area contributed by atoms with E-state index in [9.17, 15) is 5.11 Å². The van der Waals surface area contributed by atoms with Crippen LogP contribution in [0.4, 0.5) is 0 Å². The molecule has 1 rings (SSSR count). The van der Waals surface area contributed by atoms with E-state index in [1.165, 1.54) is 0 Å². The summed E-state index contributed by atoms with van der Waals surface area (Å²) in [4.78, 5) is 2.13. The molecule has 0 aromatic rings. The second kappa shape index (κ2) is 8.90. The Morgan fingerprint density at radius 1 is 0.938 bits per heavy atom. The smallest absolute Gasteiger partial charge is 0.107 e. The second-order valence-corrected chi connectivity index (χ2v) is 4.17. The molecule has 1 aliphatic heterocycles. The summed E-state index contributed by atoms with van der Waals surface area (Å²) in [5.41, 5.74) is 0. The van der Waals surface area contributed by atoms with Gasteiger partial charge < -0.3 is 21.1 Å². The number of nitrogens with zero attached hydrogens (tertiary/aromatic N) is 1. The molecule has 1 aliphatic rings. The first kappa shape index (κ1) is 13.9. The van der Waals surface area contributed by atoms with Crippen LogP contribution in [0.25, 0.3) is 0 Å². The number of hydrogen-bond donors (Lipinski definition) is 4. The zero-order chi connectivity index (χ0) is 11.6. The Labute approximate surface area is 98.6 Å². The molecule has 0 radical (unpaired) electrons. The van der Waals surface area contributed by atoms with E-state index >= 15 is 0 Å². The molecular weight excluding hydrogens is 204 g/mol. The van der Waals surface area contributed by atoms with Gasteiger partial charge in [0, 0.05) is 52.4 Å². The highest BCUT2D eigenvalue weighted by Gasteiger charge is 2.12. The largest absolute Gasteiger partial charge is 0.378 e. The summed E-state index contributed by atoms with van der Waals surface area (Å²) in [6.45, 7) is 9.75. The molecule has 0 aromatic carbocycles. The monoisotopic (exact) mass is 230 g/mol. The Hall–Kier alpha value is -0.200. The second-order valence-electron chi connectivity index (χ2n) is 4.17. The van der Waals surface area contributed by atoms with Crippen LogP contribution in [0.5, 0.6) is 0 Å². The average Bonchev–Trinajstić information content (AvgIpc) is 2.29. The molecule has 5 heteroatoms. The predicted molar refractivity (Wildman–Crippen MR) is 66.5 cm³/mol. The molecule has 0 aromatic heterocycles. The van der Waals surface area contributed by atoms with Crippen molar-refractivity contribution in [3.8, 4) is 0 Å². The third kappa shape index (κ3) is 5.77. The van der Waals surface area contributed by atoms with E-state index in [2.05, 4.69) is 20.9 Å². The van der Waals surface area contributed by atoms with E-state index in [-0.39, 0.29) is 6.23 Å². The van der Waals surface area contributed by atoms with Gasteiger partial charge in [-0.05, 0) is 6.42 Å². The molecule has 1 atom stereocenters. The maximum absolute atomic E-state index is 9.85. The molecule has 0 amide bonds. The minimum atomic E-state index is -0.301. The van der Waals surface area contributed by atoms with E-state index in [1.54, 1.807) is 0 Å². The summed E-state index contributed by atoms with van der Waals surface area (Å²) in [5, 5.41) is 20.0. The minimum Gasteiger partial charge on any atom is -0.378 e. The van der Waals surface area contributed by atoms with Crippen LogP contribution in [0, 0.1) is 0 Å². The Morgan fingerprint density at radius 2 is 1.38 bits per heavy atom. The Kier molecular flexibility index (Phi) is 7.71. The average molecular weight is 230 g/mol. The molecule has 1 unspecified atom stereocenters. The molecule has 0 aliphatic carbocycles. The van der Waals surface area contributed by atoms with E-state index in [0.717, 1.165) is 58.8 Å². The molecule has 96 valence electrons. The quantitative estimate of drug-likeness (QED) is 0.480. The number of nitrogens with one attached hydrogen (secondary N) is 3. The number of aliphatic hydroxyl groups excluding tert-OH is 1. The lowest BCUT2D eigenvalue weighted by molar-refractivity contribution is 0.00267. The zero-order valence-corrected chi connectivity index (χ0v) is 10.3. The van der Waals surface area contributed by atoms with Crippen molar-refractivity contribution < 1.29 is 5.11 Å². The van der Waals surface area contributed by atoms with Crippen molar-refractivity contribution in [2.75, 3.05) is 52.4 Å². The molecule has 0 bridgehead atoms. The van der Waals surface area contributed by atoms with Crippen LogP contribution >= 0.6 is 0 Å². The molecular formula is C11H26N4O. The summed E-state index contributed by atoms with van der Waals surface area (Å²) in [7, 11) is 0. The molecule has 0 saturated carbocycles. The Balaban J connectivity index is 2.30. The Bertz CT molecular complexity index is 156. The maximum Gasteiger partial charge on any atom is 0.107 e. The van der Waals surface area contributed by atoms with Gasteiger partial charge >= 0.3 is 0 Å². The standard InChI is InChI=1S/C11H26N4O/c1-2-11(16)15-9-7-13-5-3-12-4-6-14-8-10-15/h11-14,16H,2-10H2,1H3. The van der Waals surface area contributed by atoms with Crippen LogP contribution in [0.15, 0.2) is 0 Å². The Morgan fingerprint density at radius 3 is 1.81 bits per heavy atom. The van der Waals surface area contributed by atoms with E-state index < -0.39 is 0 Å². The summed E-state index contributed by atoms with van der Waals surface area (Å²) >= 11 is 0. The molecule has 1 heterocycles. The van der Waals surface area contributed by atoms with Gasteiger partial charge in [0.15, 0.2) is 0 Å². The zero-order valence-electron chi connectivity index (χ0n) is 10.3. The highest BCUT2D eigenvalue weighted by molar-refractivity contribution is 4.66. The van der Waals surface area contributed by atoms with Crippen molar-refractivity contribution in [1.82, 2.24) is 20.9 Å². The van der Waals surface area contributed by atoms with Gasteiger partial charge in [0.05, 0.1) is 0 Å². The third-order valence-electron chi connectivity index (χ3n) is 2.90. The van der Waals surface area contributed by atoms with Gasteiger partial charge in [-0.2, -0.15) is 0 Å². The van der Waals surface area contributed by atoms with E-state index in [1.807, 2.05) is 6.92 Å². The van der Waals surface area contributed by atoms with E-state index in [4.69, 9.17) is 0 Å². The minimum absolute atomic E-state index is 0.301. The number of rotatable bonds is 2. The van der Waals surface area contributed by atoms with Crippen molar-refractivity contribution in [3.05, 3.63) is 0 Å². The fourth-order valence-electron chi connectivity index (χ4n) is 1.84. The summed E-state index contributed by atoms with van der Waals surface area (Å²) < 4.78 is 0. The summed E-state index contributed by atoms with van der Waals surface area (Å²) in [5.74, 6) is 0. The lowest BCUT2D eigenvalue weighted by atomic mass is 10.3. The summed E-state index contributed by atoms with van der Waals surface area (Å²) in [6.07, 6.45) is 0.492. The van der Waals surface area contributed by atoms with Crippen molar-refractivity contribution in [2.45, 2.75) is 19.6 Å². The van der Waals surface area contributed by atoms with Crippen LogP contribution in [-0.4, -0.2) is 68.6 Å². The van der Waals surface area contributed by atoms with Gasteiger partial charge in [0.2, 0.25) is 0 Å². The molecule has 0 spiro atoms. The number of hydrogen-bond acceptors (Lipinski definition) is 5. The highest BCUT2D eigenvalue weighted by Crippen LogP contribution is 1.98. The molecule has 16 heavy (non-hydrogen) atoms. The van der Waals surface area contributed by atoms with Crippen LogP contribution in [-0.2, 0) is 0 Å². The van der Waals surface area contributed by atoms with Gasteiger partial charge in [0.1, 0.15) is 6.23 Å². The predicted octanol–water partition coefficient (Wildman–Crippen LogP) is -1.20. The normalized spacial score (nSPS) is 24.4. The van der Waals surface area contributed by atoms with Gasteiger partial charge in [-0.3, -0.25) is 4.90 Å². The fraction of sp³-hybridized carbons (Fsp3) is 1.00. The fourth-order valence-corrected chi connectivity index (χ4v) is 1.84. The van der Waals surface area contributed by atoms with Crippen LogP contribution in [0.1, 0.15) is 13.3 Å². The summed E-state index contributed by atoms with van der Waals surface area (Å²) in [6, 6.07) is 0. The van der Waals surface area contributed by atoms with E-state index in [0.29, 0.717) is 0 Å². The van der Waals surface area contributed by atoms with Crippen LogP contribution in [0.2, 0.25) is 0 Å². The lowest BCUT2D eigenvalue weighted by Crippen LogP contribution is -2.45. The first-order valence-corrected chi connectivity index (χ1v) is 6.39. The van der Waals surface area contributed by atoms with Crippen molar-refractivity contribution in [3.63, 3.8) is 0 Å². The van der Waals surface area contributed by atoms with Crippen molar-refractivity contribution in [1.29, 1.82) is 0 Å². The third-order valence-corrected chi connectivity index (χ3v) is 2.90. The SMILES string of the molecule is CCC(O)N1CCNCCNCCNCC1. The van der Waals surface area contributed by atoms with Crippen molar-refractivity contribution >= 4 is 0 Å². The van der Waals surface area contributed by atoms with Crippen LogP contribution < -0.4 is 16.0 Å². The van der Waals surface area contributed by atoms with Crippen LogP contribution in [0.3, 0.4) is 0 Å². The highest BCUT2D eigenvalue weighted by atomic mass is 16.3. The first-order chi connectivity index (χ1) is 7.84. The van der Waals surface area contributed by atoms with Gasteiger partial charge in [-0.25, -0.2) is 0 Å². The topological polar surface area (TPSA) is 59.6 Å². The van der Waals surface area contributed by atoms with Gasteiger partial charge in [0.25, 0.3) is 0 Å².